The second-order valence-electron chi connectivity index (χ2n) is 0.519. The number of carboxylic acid groups (broad SMARTS) is 1. The standard InChI is InChI=1S/C2H4O2.In.3H/c1-2(3)4;;;;/h1H3,(H,3,4);;;;. The zero-order chi connectivity index (χ0) is 3.58. The third kappa shape index (κ3) is 205. The van der Waals surface area contributed by atoms with E-state index in [0.717, 1.165) is 6.92 Å². The zero-order valence-electron chi connectivity index (χ0n) is 2.36. The second kappa shape index (κ2) is 4.34. The molecule has 0 radical (unpaired) electrons. The van der Waals surface area contributed by atoms with Gasteiger partial charge in [-0.1, -0.05) is 0 Å². The molecule has 0 aromatic carbocycles. The van der Waals surface area contributed by atoms with E-state index >= 15 is 0 Å². The Hall–Kier alpha value is 0.340. The van der Waals surface area contributed by atoms with Gasteiger partial charge < -0.3 is 5.11 Å². The van der Waals surface area contributed by atoms with Gasteiger partial charge in [-0.15, -0.1) is 0 Å². The molecule has 0 saturated heterocycles. The van der Waals surface area contributed by atoms with Crippen LogP contribution in [0.5, 0.6) is 0 Å². The van der Waals surface area contributed by atoms with Gasteiger partial charge in [-0.3, -0.25) is 4.79 Å². The molecule has 0 aromatic heterocycles. The van der Waals surface area contributed by atoms with E-state index in [0.29, 0.717) is 0 Å². The molecule has 0 aliphatic rings. The van der Waals surface area contributed by atoms with Gasteiger partial charge in [0, 0.05) is 6.92 Å². The van der Waals surface area contributed by atoms with Crippen molar-refractivity contribution >= 4 is 31.8 Å². The van der Waals surface area contributed by atoms with Crippen molar-refractivity contribution < 1.29 is 9.90 Å². The van der Waals surface area contributed by atoms with Gasteiger partial charge >= 0.3 is 25.8 Å². The summed E-state index contributed by atoms with van der Waals surface area (Å²) < 4.78 is 0. The average Bonchev–Trinajstić information content (AvgIpc) is 0.811. The van der Waals surface area contributed by atoms with E-state index in [1.807, 2.05) is 0 Å². The van der Waals surface area contributed by atoms with Gasteiger partial charge in [0.1, 0.15) is 0 Å². The van der Waals surface area contributed by atoms with Crippen LogP contribution in [0.15, 0.2) is 0 Å². The van der Waals surface area contributed by atoms with E-state index in [9.17, 15) is 0 Å². The Morgan fingerprint density at radius 3 is 1.80 bits per heavy atom. The van der Waals surface area contributed by atoms with Crippen LogP contribution in [0.1, 0.15) is 6.92 Å². The van der Waals surface area contributed by atoms with Crippen LogP contribution in [0.3, 0.4) is 0 Å². The molecule has 0 unspecified atom stereocenters. The first kappa shape index (κ1) is 9.02. The Morgan fingerprint density at radius 2 is 1.80 bits per heavy atom. The third-order valence-electron chi connectivity index (χ3n) is 0. The Labute approximate surface area is 49.0 Å². The van der Waals surface area contributed by atoms with Crippen molar-refractivity contribution in [1.29, 1.82) is 0 Å². The van der Waals surface area contributed by atoms with Gasteiger partial charge in [-0.05, 0) is 0 Å². The summed E-state index contributed by atoms with van der Waals surface area (Å²) in [4.78, 5) is 9.00. The Morgan fingerprint density at radius 1 is 1.80 bits per heavy atom. The normalized spacial score (nSPS) is 5.00. The summed E-state index contributed by atoms with van der Waals surface area (Å²) in [6.07, 6.45) is 0. The summed E-state index contributed by atoms with van der Waals surface area (Å²) in [5.41, 5.74) is 0. The van der Waals surface area contributed by atoms with Crippen LogP contribution in [0, 0.1) is 0 Å². The van der Waals surface area contributed by atoms with Crippen molar-refractivity contribution in [1.82, 2.24) is 0 Å². The molecular formula is C2H7InO2. The summed E-state index contributed by atoms with van der Waals surface area (Å²) >= 11 is 0. The predicted molar refractivity (Wildman–Crippen MR) is 23.2 cm³/mol. The maximum atomic E-state index is 9.00. The molecule has 0 heterocycles. The van der Waals surface area contributed by atoms with Crippen LogP contribution in [-0.2, 0) is 4.79 Å². The van der Waals surface area contributed by atoms with Gasteiger partial charge in [0.25, 0.3) is 5.97 Å². The molecule has 0 aromatic rings. The zero-order valence-corrected chi connectivity index (χ0v) is 2.36. The summed E-state index contributed by atoms with van der Waals surface area (Å²) in [6, 6.07) is 0. The predicted octanol–water partition coefficient (Wildman–Crippen LogP) is -1.09. The monoisotopic (exact) mass is 178 g/mol. The van der Waals surface area contributed by atoms with Crippen LogP contribution in [0.25, 0.3) is 0 Å². The fourth-order valence-electron chi connectivity index (χ4n) is 0. The van der Waals surface area contributed by atoms with E-state index in [-0.39, 0.29) is 25.8 Å². The van der Waals surface area contributed by atoms with Crippen molar-refractivity contribution in [3.8, 4) is 0 Å². The fraction of sp³-hybridized carbons (Fsp3) is 0.500. The molecule has 0 aliphatic heterocycles. The van der Waals surface area contributed by atoms with E-state index in [4.69, 9.17) is 9.90 Å². The van der Waals surface area contributed by atoms with Crippen LogP contribution < -0.4 is 0 Å². The van der Waals surface area contributed by atoms with Crippen LogP contribution >= 0.6 is 0 Å². The molecule has 0 amide bonds. The van der Waals surface area contributed by atoms with E-state index < -0.39 is 5.97 Å². The summed E-state index contributed by atoms with van der Waals surface area (Å²) in [6.45, 7) is 1.08. The van der Waals surface area contributed by atoms with Crippen LogP contribution in [0.2, 0.25) is 0 Å². The second-order valence-corrected chi connectivity index (χ2v) is 0.519. The van der Waals surface area contributed by atoms with Gasteiger partial charge in [-0.25, -0.2) is 0 Å². The molecule has 3 heteroatoms. The van der Waals surface area contributed by atoms with Crippen molar-refractivity contribution in [2.75, 3.05) is 0 Å². The maximum absolute atomic E-state index is 9.00. The molecule has 30 valence electrons. The molecule has 5 heavy (non-hydrogen) atoms. The summed E-state index contributed by atoms with van der Waals surface area (Å²) in [5, 5.41) is 7.42. The van der Waals surface area contributed by atoms with Crippen molar-refractivity contribution in [3.63, 3.8) is 0 Å². The molecule has 2 nitrogen and oxygen atoms in total. The summed E-state index contributed by atoms with van der Waals surface area (Å²) in [7, 11) is 0. The number of carbonyl (C=O) groups is 1. The minimum atomic E-state index is -0.833. The number of carboxylic acids is 1. The Balaban J connectivity index is 0. The van der Waals surface area contributed by atoms with Gasteiger partial charge in [0.2, 0.25) is 0 Å². The van der Waals surface area contributed by atoms with Crippen LogP contribution in [-0.4, -0.2) is 36.9 Å². The average molecular weight is 178 g/mol. The number of hydrogen-bond donors (Lipinski definition) is 1. The van der Waals surface area contributed by atoms with Gasteiger partial charge in [-0.2, -0.15) is 0 Å². The number of rotatable bonds is 0. The molecule has 0 atom stereocenters. The van der Waals surface area contributed by atoms with Crippen LogP contribution in [0.4, 0.5) is 0 Å². The molecule has 0 saturated carbocycles. The minimum absolute atomic E-state index is 0. The number of hydrogen-bond acceptors (Lipinski definition) is 1. The molecule has 0 fully saturated rings. The first-order valence-corrected chi connectivity index (χ1v) is 0.928. The quantitative estimate of drug-likeness (QED) is 0.511. The van der Waals surface area contributed by atoms with Crippen molar-refractivity contribution in [2.45, 2.75) is 6.92 Å². The molecule has 1 N–H and O–H groups in total. The van der Waals surface area contributed by atoms with E-state index in [1.54, 1.807) is 0 Å². The van der Waals surface area contributed by atoms with Crippen molar-refractivity contribution in [3.05, 3.63) is 0 Å². The first-order valence-electron chi connectivity index (χ1n) is 0.928. The Kier molecular flexibility index (Phi) is 7.83. The molecule has 0 aliphatic carbocycles. The topological polar surface area (TPSA) is 37.3 Å². The molecular weight excluding hydrogens is 171 g/mol. The first-order chi connectivity index (χ1) is 1.73. The van der Waals surface area contributed by atoms with Gasteiger partial charge in [0.15, 0.2) is 0 Å². The van der Waals surface area contributed by atoms with E-state index in [2.05, 4.69) is 0 Å². The fourth-order valence-corrected chi connectivity index (χ4v) is 0. The number of aliphatic carboxylic acids is 1. The SMILES string of the molecule is CC(=O)O.[InH3]. The molecule has 0 spiro atoms. The van der Waals surface area contributed by atoms with Crippen molar-refractivity contribution in [2.24, 2.45) is 0 Å². The molecule has 0 rings (SSSR count). The van der Waals surface area contributed by atoms with E-state index in [1.165, 1.54) is 0 Å². The van der Waals surface area contributed by atoms with Gasteiger partial charge in [0.05, 0.1) is 0 Å². The third-order valence-corrected chi connectivity index (χ3v) is 0. The Bertz CT molecular complexity index is 30.6. The summed E-state index contributed by atoms with van der Waals surface area (Å²) in [5.74, 6) is -0.833. The molecule has 0 bridgehead atoms.